The van der Waals surface area contributed by atoms with Gasteiger partial charge in [0.15, 0.2) is 0 Å². The molecule has 2 aromatic rings. The van der Waals surface area contributed by atoms with Crippen molar-refractivity contribution >= 4 is 17.4 Å². The van der Waals surface area contributed by atoms with Crippen LogP contribution in [0.3, 0.4) is 0 Å². The van der Waals surface area contributed by atoms with E-state index in [1.165, 1.54) is 22.3 Å². The molecule has 0 aliphatic heterocycles. The minimum atomic E-state index is 0.342. The van der Waals surface area contributed by atoms with Gasteiger partial charge in [-0.3, -0.25) is 4.79 Å². The molecule has 0 heterocycles. The van der Waals surface area contributed by atoms with Gasteiger partial charge >= 0.3 is 0 Å². The fourth-order valence-electron chi connectivity index (χ4n) is 2.94. The molecule has 0 saturated heterocycles. The van der Waals surface area contributed by atoms with Crippen LogP contribution in [-0.2, 0) is 30.5 Å². The SMILES string of the molecule is O=C1CCc2c(ccc(Cl)c2CCc2ccccc2)C1. The number of aryl methyl sites for hydroxylation is 1. The highest BCUT2D eigenvalue weighted by Gasteiger charge is 2.19. The van der Waals surface area contributed by atoms with Gasteiger partial charge in [0.25, 0.3) is 0 Å². The van der Waals surface area contributed by atoms with Gasteiger partial charge in [-0.25, -0.2) is 0 Å². The van der Waals surface area contributed by atoms with Crippen molar-refractivity contribution in [1.29, 1.82) is 0 Å². The van der Waals surface area contributed by atoms with Crippen LogP contribution in [0.1, 0.15) is 28.7 Å². The molecule has 0 spiro atoms. The van der Waals surface area contributed by atoms with Crippen molar-refractivity contribution in [2.75, 3.05) is 0 Å². The maximum absolute atomic E-state index is 11.6. The summed E-state index contributed by atoms with van der Waals surface area (Å²) in [5.74, 6) is 0.342. The smallest absolute Gasteiger partial charge is 0.137 e. The van der Waals surface area contributed by atoms with E-state index in [1.807, 2.05) is 18.2 Å². The highest BCUT2D eigenvalue weighted by molar-refractivity contribution is 6.31. The van der Waals surface area contributed by atoms with Crippen molar-refractivity contribution in [3.05, 3.63) is 69.7 Å². The quantitative estimate of drug-likeness (QED) is 0.826. The van der Waals surface area contributed by atoms with Crippen LogP contribution < -0.4 is 0 Å². The van der Waals surface area contributed by atoms with Crippen molar-refractivity contribution in [2.24, 2.45) is 0 Å². The normalized spacial score (nSPS) is 14.2. The number of ketones is 1. The van der Waals surface area contributed by atoms with Crippen molar-refractivity contribution < 1.29 is 4.79 Å². The molecule has 0 aromatic heterocycles. The van der Waals surface area contributed by atoms with Crippen molar-refractivity contribution in [3.8, 4) is 0 Å². The van der Waals surface area contributed by atoms with E-state index in [1.54, 1.807) is 0 Å². The molecule has 0 bridgehead atoms. The molecule has 20 heavy (non-hydrogen) atoms. The predicted molar refractivity (Wildman–Crippen MR) is 82.3 cm³/mol. The monoisotopic (exact) mass is 284 g/mol. The summed E-state index contributed by atoms with van der Waals surface area (Å²) < 4.78 is 0. The molecule has 1 aliphatic carbocycles. The summed E-state index contributed by atoms with van der Waals surface area (Å²) in [5.41, 5.74) is 5.05. The number of carbonyl (C=O) groups is 1. The van der Waals surface area contributed by atoms with Crippen LogP contribution >= 0.6 is 11.6 Å². The number of carbonyl (C=O) groups excluding carboxylic acids is 1. The molecule has 0 radical (unpaired) electrons. The lowest BCUT2D eigenvalue weighted by Crippen LogP contribution is -2.15. The van der Waals surface area contributed by atoms with Crippen LogP contribution in [-0.4, -0.2) is 5.78 Å². The zero-order valence-electron chi connectivity index (χ0n) is 11.4. The van der Waals surface area contributed by atoms with E-state index in [0.717, 1.165) is 24.3 Å². The summed E-state index contributed by atoms with van der Waals surface area (Å²) in [6.07, 6.45) is 4.01. The maximum atomic E-state index is 11.6. The molecule has 0 atom stereocenters. The molecule has 0 unspecified atom stereocenters. The largest absolute Gasteiger partial charge is 0.299 e. The summed E-state index contributed by atoms with van der Waals surface area (Å²) in [5, 5.41) is 0.842. The third-order valence-corrected chi connectivity index (χ3v) is 4.37. The van der Waals surface area contributed by atoms with E-state index in [9.17, 15) is 4.79 Å². The Bertz CT molecular complexity index is 631. The third kappa shape index (κ3) is 2.78. The predicted octanol–water partition coefficient (Wildman–Crippen LogP) is 4.18. The van der Waals surface area contributed by atoms with Gasteiger partial charge in [0, 0.05) is 17.9 Å². The van der Waals surface area contributed by atoms with E-state index >= 15 is 0 Å². The average molecular weight is 285 g/mol. The Balaban J connectivity index is 1.86. The first kappa shape index (κ1) is 13.4. The zero-order valence-corrected chi connectivity index (χ0v) is 12.1. The third-order valence-electron chi connectivity index (χ3n) is 4.02. The van der Waals surface area contributed by atoms with Gasteiger partial charge in [-0.15, -0.1) is 0 Å². The molecule has 0 amide bonds. The summed E-state index contributed by atoms with van der Waals surface area (Å²) >= 11 is 6.38. The Hall–Kier alpha value is -1.60. The first-order valence-electron chi connectivity index (χ1n) is 7.09. The highest BCUT2D eigenvalue weighted by atomic mass is 35.5. The Morgan fingerprint density at radius 1 is 0.950 bits per heavy atom. The molecule has 0 saturated carbocycles. The Labute approximate surface area is 124 Å². The number of benzene rings is 2. The van der Waals surface area contributed by atoms with E-state index < -0.39 is 0 Å². The van der Waals surface area contributed by atoms with Crippen LogP contribution in [0.4, 0.5) is 0 Å². The van der Waals surface area contributed by atoms with E-state index in [2.05, 4.69) is 24.3 Å². The van der Waals surface area contributed by atoms with Gasteiger partial charge < -0.3 is 0 Å². The van der Waals surface area contributed by atoms with Crippen LogP contribution in [0.2, 0.25) is 5.02 Å². The molecule has 0 N–H and O–H groups in total. The second-order valence-corrected chi connectivity index (χ2v) is 5.77. The van der Waals surface area contributed by atoms with Gasteiger partial charge in [-0.1, -0.05) is 48.0 Å². The molecule has 102 valence electrons. The molecule has 3 rings (SSSR count). The van der Waals surface area contributed by atoms with E-state index in [0.29, 0.717) is 18.6 Å². The molecule has 1 aliphatic rings. The molecular formula is C18H17ClO. The van der Waals surface area contributed by atoms with E-state index in [4.69, 9.17) is 11.6 Å². The number of rotatable bonds is 3. The Kier molecular flexibility index (Phi) is 3.88. The van der Waals surface area contributed by atoms with E-state index in [-0.39, 0.29) is 0 Å². The Morgan fingerprint density at radius 2 is 1.75 bits per heavy atom. The number of Topliss-reactive ketones (excluding diaryl/α,β-unsaturated/α-hetero) is 1. The summed E-state index contributed by atoms with van der Waals surface area (Å²) in [7, 11) is 0. The lowest BCUT2D eigenvalue weighted by molar-refractivity contribution is -0.118. The van der Waals surface area contributed by atoms with Gasteiger partial charge in [-0.05, 0) is 47.6 Å². The van der Waals surface area contributed by atoms with Gasteiger partial charge in [-0.2, -0.15) is 0 Å². The minimum absolute atomic E-state index is 0.342. The highest BCUT2D eigenvalue weighted by Crippen LogP contribution is 2.29. The first-order valence-corrected chi connectivity index (χ1v) is 7.46. The molecule has 2 heteroatoms. The lowest BCUT2D eigenvalue weighted by atomic mass is 9.86. The average Bonchev–Trinajstić information content (AvgIpc) is 2.47. The van der Waals surface area contributed by atoms with Crippen molar-refractivity contribution in [2.45, 2.75) is 32.1 Å². The standard InChI is InChI=1S/C18H17ClO/c19-18-11-7-14-12-15(20)8-10-16(14)17(18)9-6-13-4-2-1-3-5-13/h1-5,7,11H,6,8-10,12H2. The number of hydrogen-bond donors (Lipinski definition) is 0. The first-order chi connectivity index (χ1) is 9.74. The summed E-state index contributed by atoms with van der Waals surface area (Å²) in [4.78, 5) is 11.6. The lowest BCUT2D eigenvalue weighted by Gasteiger charge is -2.20. The molecular weight excluding hydrogens is 268 g/mol. The Morgan fingerprint density at radius 3 is 2.55 bits per heavy atom. The number of fused-ring (bicyclic) bond motifs is 1. The van der Waals surface area contributed by atoms with Crippen LogP contribution in [0.15, 0.2) is 42.5 Å². The van der Waals surface area contributed by atoms with Gasteiger partial charge in [0.1, 0.15) is 5.78 Å². The molecule has 0 fully saturated rings. The number of hydrogen-bond acceptors (Lipinski definition) is 1. The fourth-order valence-corrected chi connectivity index (χ4v) is 3.21. The van der Waals surface area contributed by atoms with Gasteiger partial charge in [0.05, 0.1) is 0 Å². The van der Waals surface area contributed by atoms with Crippen molar-refractivity contribution in [3.63, 3.8) is 0 Å². The topological polar surface area (TPSA) is 17.1 Å². The number of halogens is 1. The minimum Gasteiger partial charge on any atom is -0.299 e. The van der Waals surface area contributed by atoms with Crippen LogP contribution in [0, 0.1) is 0 Å². The second kappa shape index (κ2) is 5.80. The molecule has 1 nitrogen and oxygen atoms in total. The second-order valence-electron chi connectivity index (χ2n) is 5.36. The summed E-state index contributed by atoms with van der Waals surface area (Å²) in [6.45, 7) is 0. The fraction of sp³-hybridized carbons (Fsp3) is 0.278. The van der Waals surface area contributed by atoms with Crippen LogP contribution in [0.25, 0.3) is 0 Å². The van der Waals surface area contributed by atoms with Gasteiger partial charge in [0.2, 0.25) is 0 Å². The maximum Gasteiger partial charge on any atom is 0.137 e. The molecule has 2 aromatic carbocycles. The van der Waals surface area contributed by atoms with Crippen molar-refractivity contribution in [1.82, 2.24) is 0 Å². The summed E-state index contributed by atoms with van der Waals surface area (Å²) in [6, 6.07) is 14.4. The zero-order chi connectivity index (χ0) is 13.9. The van der Waals surface area contributed by atoms with Crippen LogP contribution in [0.5, 0.6) is 0 Å².